The molecule has 0 saturated heterocycles. The summed E-state index contributed by atoms with van der Waals surface area (Å²) in [4.78, 5) is 0. The maximum Gasteiger partial charge on any atom is 0.485 e. The first-order valence-electron chi connectivity index (χ1n) is 13.0. The Morgan fingerprint density at radius 3 is 2.15 bits per heavy atom. The number of ether oxygens (including phenoxy) is 2. The highest BCUT2D eigenvalue weighted by atomic mass is 32.2. The second-order valence-corrected chi connectivity index (χ2v) is 16.9. The number of hydrogen-bond acceptors (Lipinski definition) is 6. The summed E-state index contributed by atoms with van der Waals surface area (Å²) in [5.74, 6) is 2.84. The zero-order valence-electron chi connectivity index (χ0n) is 24.5. The van der Waals surface area contributed by atoms with Gasteiger partial charge in [-0.05, 0) is 43.0 Å². The van der Waals surface area contributed by atoms with Gasteiger partial charge in [0.15, 0.2) is 22.5 Å². The van der Waals surface area contributed by atoms with Crippen molar-refractivity contribution in [1.29, 1.82) is 0 Å². The summed E-state index contributed by atoms with van der Waals surface area (Å²) >= 11 is 0. The van der Waals surface area contributed by atoms with Crippen LogP contribution >= 0.6 is 0 Å². The fourth-order valence-corrected chi connectivity index (χ4v) is 4.23. The molecule has 0 aliphatic rings. The molecule has 0 amide bonds. The topological polar surface area (TPSA) is 96.2 Å². The minimum absolute atomic E-state index is 0.00712. The lowest BCUT2D eigenvalue weighted by atomic mass is 9.98. The van der Waals surface area contributed by atoms with Crippen LogP contribution in [0.15, 0.2) is 66.1 Å². The molecule has 1 unspecified atom stereocenters. The Labute approximate surface area is 242 Å². The second-order valence-electron chi connectivity index (χ2n) is 10.8. The van der Waals surface area contributed by atoms with Crippen LogP contribution in [-0.4, -0.2) is 33.9 Å². The van der Waals surface area contributed by atoms with Gasteiger partial charge in [-0.1, -0.05) is 63.3 Å². The van der Waals surface area contributed by atoms with Crippen molar-refractivity contribution in [3.8, 4) is 11.5 Å². The summed E-state index contributed by atoms with van der Waals surface area (Å²) in [6.07, 6.45) is 6.71. The maximum absolute atomic E-state index is 10.7. The van der Waals surface area contributed by atoms with Crippen molar-refractivity contribution in [3.63, 3.8) is 0 Å². The Hall–Kier alpha value is -2.67. The fourth-order valence-electron chi connectivity index (χ4n) is 3.21. The molecule has 2 rings (SSSR count). The molecule has 41 heavy (non-hydrogen) atoms. The van der Waals surface area contributed by atoms with Gasteiger partial charge >= 0.3 is 17.0 Å². The summed E-state index contributed by atoms with van der Waals surface area (Å²) < 4.78 is 83.8. The highest BCUT2D eigenvalue weighted by molar-refractivity contribution is 7.86. The molecular weight excluding hydrogens is 577 g/mol. The molecule has 7 nitrogen and oxygen atoms in total. The molecule has 2 aromatic rings. The maximum atomic E-state index is 10.7. The summed E-state index contributed by atoms with van der Waals surface area (Å²) in [6, 6.07) is 12.0. The third-order valence-corrected chi connectivity index (χ3v) is 11.4. The van der Waals surface area contributed by atoms with E-state index >= 15 is 0 Å². The molecule has 1 heterocycles. The Bertz CT molecular complexity index is 1230. The zero-order valence-corrected chi connectivity index (χ0v) is 26.4. The molecule has 1 atom stereocenters. The van der Waals surface area contributed by atoms with Gasteiger partial charge in [0.1, 0.15) is 0 Å². The standard InChI is InChI=1S/C28H41O4Si.CHF3O3S/c1-9-11-13-18-23(10-2)26-27(32-33(7,8)28(3,4)5)25(29-6)19-24(31-26)21-30-20-22-16-14-12-15-17-22;2-1(3,4)8(5,6)7/h9-10,12,14-17,19,23H,1-2,11,13,18,20-21H2,3-8H3;(H,5,6,7)/q+1;/p-1. The number of methoxy groups -OCH3 is 1. The fraction of sp³-hybridized carbons (Fsp3) is 0.483. The number of benzene rings is 1. The van der Waals surface area contributed by atoms with Gasteiger partial charge in [-0.15, -0.1) is 13.2 Å². The van der Waals surface area contributed by atoms with Gasteiger partial charge in [0.2, 0.25) is 5.75 Å². The van der Waals surface area contributed by atoms with Crippen LogP contribution in [0.25, 0.3) is 0 Å². The average molecular weight is 619 g/mol. The van der Waals surface area contributed by atoms with Gasteiger partial charge < -0.3 is 18.5 Å². The summed E-state index contributed by atoms with van der Waals surface area (Å²) in [5.41, 5.74) is -4.52. The van der Waals surface area contributed by atoms with Gasteiger partial charge in [0.25, 0.3) is 8.32 Å². The van der Waals surface area contributed by atoms with E-state index in [0.29, 0.717) is 30.5 Å². The van der Waals surface area contributed by atoms with Crippen molar-refractivity contribution in [2.75, 3.05) is 7.11 Å². The number of halogens is 3. The highest BCUT2D eigenvalue weighted by Crippen LogP contribution is 2.45. The largest absolute Gasteiger partial charge is 0.741 e. The number of rotatable bonds is 13. The number of unbranched alkanes of at least 4 members (excludes halogenated alkanes) is 1. The average Bonchev–Trinajstić information content (AvgIpc) is 2.86. The predicted octanol–water partition coefficient (Wildman–Crippen LogP) is 8.35. The molecule has 0 aliphatic heterocycles. The quantitative estimate of drug-likeness (QED) is 0.0556. The molecule has 0 spiro atoms. The third kappa shape index (κ3) is 11.6. The van der Waals surface area contributed by atoms with E-state index in [1.807, 2.05) is 48.6 Å². The van der Waals surface area contributed by atoms with Crippen molar-refractivity contribution in [1.82, 2.24) is 0 Å². The van der Waals surface area contributed by atoms with E-state index in [1.165, 1.54) is 0 Å². The van der Waals surface area contributed by atoms with Crippen molar-refractivity contribution in [2.24, 2.45) is 0 Å². The first-order valence-corrected chi connectivity index (χ1v) is 17.3. The van der Waals surface area contributed by atoms with Crippen LogP contribution < -0.4 is 9.16 Å². The number of allylic oxidation sites excluding steroid dienone is 2. The predicted molar refractivity (Wildman–Crippen MR) is 155 cm³/mol. The summed E-state index contributed by atoms with van der Waals surface area (Å²) in [7, 11) is -6.55. The van der Waals surface area contributed by atoms with Crippen LogP contribution in [0, 0.1) is 0 Å². The number of alkyl halides is 3. The highest BCUT2D eigenvalue weighted by Gasteiger charge is 2.43. The third-order valence-electron chi connectivity index (χ3n) is 6.55. The smallest absolute Gasteiger partial charge is 0.485 e. The van der Waals surface area contributed by atoms with Crippen LogP contribution in [0.4, 0.5) is 13.2 Å². The van der Waals surface area contributed by atoms with Crippen LogP contribution in [0.5, 0.6) is 11.5 Å². The normalized spacial score (nSPS) is 13.0. The van der Waals surface area contributed by atoms with E-state index in [2.05, 4.69) is 47.0 Å². The lowest BCUT2D eigenvalue weighted by Crippen LogP contribution is -2.44. The van der Waals surface area contributed by atoms with Gasteiger partial charge in [-0.25, -0.2) is 12.8 Å². The molecule has 1 aromatic carbocycles. The summed E-state index contributed by atoms with van der Waals surface area (Å²) in [6.45, 7) is 19.9. The zero-order chi connectivity index (χ0) is 31.5. The molecule has 0 N–H and O–H groups in total. The Balaban J connectivity index is 0.000000915. The first kappa shape index (κ1) is 36.4. The van der Waals surface area contributed by atoms with Crippen molar-refractivity contribution >= 4 is 18.4 Å². The molecule has 12 heteroatoms. The lowest BCUT2D eigenvalue weighted by molar-refractivity contribution is -0.0517. The van der Waals surface area contributed by atoms with Gasteiger partial charge in [-0.2, -0.15) is 13.2 Å². The lowest BCUT2D eigenvalue weighted by Gasteiger charge is -2.36. The van der Waals surface area contributed by atoms with Crippen molar-refractivity contribution < 1.29 is 44.5 Å². The van der Waals surface area contributed by atoms with Crippen LogP contribution in [-0.2, 0) is 28.1 Å². The molecule has 0 saturated carbocycles. The van der Waals surface area contributed by atoms with E-state index in [-0.39, 0.29) is 11.0 Å². The van der Waals surface area contributed by atoms with E-state index in [4.69, 9.17) is 31.3 Å². The first-order chi connectivity index (χ1) is 18.9. The second kappa shape index (κ2) is 15.5. The van der Waals surface area contributed by atoms with Gasteiger partial charge in [-0.3, -0.25) is 0 Å². The molecule has 0 bridgehead atoms. The minimum Gasteiger partial charge on any atom is -0.741 e. The molecule has 230 valence electrons. The molecule has 1 aromatic heterocycles. The molecule has 0 aliphatic carbocycles. The van der Waals surface area contributed by atoms with Crippen molar-refractivity contribution in [2.45, 2.75) is 82.8 Å². The van der Waals surface area contributed by atoms with Gasteiger partial charge in [0, 0.05) is 0 Å². The van der Waals surface area contributed by atoms with Crippen LogP contribution in [0.1, 0.15) is 63.0 Å². The Morgan fingerprint density at radius 1 is 1.10 bits per heavy atom. The van der Waals surface area contributed by atoms with E-state index < -0.39 is 23.9 Å². The van der Waals surface area contributed by atoms with E-state index in [1.54, 1.807) is 7.11 Å². The minimum atomic E-state index is -6.09. The van der Waals surface area contributed by atoms with Crippen LogP contribution in [0.3, 0.4) is 0 Å². The molecular formula is C29H41F3O7SSi. The van der Waals surface area contributed by atoms with E-state index in [0.717, 1.165) is 30.6 Å². The monoisotopic (exact) mass is 618 g/mol. The van der Waals surface area contributed by atoms with E-state index in [9.17, 15) is 13.2 Å². The molecule has 0 fully saturated rings. The molecule has 0 radical (unpaired) electrons. The van der Waals surface area contributed by atoms with Gasteiger partial charge in [0.05, 0.1) is 25.7 Å². The van der Waals surface area contributed by atoms with Crippen LogP contribution in [0.2, 0.25) is 18.1 Å². The number of hydrogen-bond donors (Lipinski definition) is 0. The SMILES string of the molecule is C=CCCCC(C=C)c1[o+]c(COCc2ccccc2)cc(OC)c1O[Si](C)(C)C(C)(C)C.O=S(=O)([O-])C(F)(F)F. The Morgan fingerprint density at radius 2 is 1.68 bits per heavy atom. The summed E-state index contributed by atoms with van der Waals surface area (Å²) in [5, 5.41) is 0.0409. The Kier molecular flexibility index (Phi) is 13.8. The van der Waals surface area contributed by atoms with Crippen molar-refractivity contribution in [3.05, 3.63) is 78.8 Å².